The summed E-state index contributed by atoms with van der Waals surface area (Å²) >= 11 is 0. The van der Waals surface area contributed by atoms with Gasteiger partial charge in [-0.25, -0.2) is 0 Å². The molecular formula is C22H41NO3. The standard InChI is InChI=1S/C22H41NO3/c1-2-22(24)23-17-15-13-11-9-7-5-3-4-6-8-10-12-14-16-18-25-19-21-20-26-21/h2,21H,1,3-20H2,(H,23,24). The Morgan fingerprint density at radius 2 is 1.35 bits per heavy atom. The second-order valence-electron chi connectivity index (χ2n) is 7.48. The molecule has 0 aromatic rings. The lowest BCUT2D eigenvalue weighted by atomic mass is 10.0. The van der Waals surface area contributed by atoms with Crippen molar-refractivity contribution in [3.63, 3.8) is 0 Å². The Balaban J connectivity index is 1.62. The maximum absolute atomic E-state index is 11.0. The zero-order valence-electron chi connectivity index (χ0n) is 16.8. The van der Waals surface area contributed by atoms with E-state index < -0.39 is 0 Å². The Morgan fingerprint density at radius 1 is 0.885 bits per heavy atom. The average Bonchev–Trinajstić information content (AvgIpc) is 3.47. The van der Waals surface area contributed by atoms with Crippen LogP contribution in [-0.4, -0.2) is 38.4 Å². The van der Waals surface area contributed by atoms with Crippen LogP contribution >= 0.6 is 0 Å². The van der Waals surface area contributed by atoms with Gasteiger partial charge < -0.3 is 14.8 Å². The summed E-state index contributed by atoms with van der Waals surface area (Å²) in [5.74, 6) is -0.0570. The Morgan fingerprint density at radius 3 is 1.81 bits per heavy atom. The average molecular weight is 368 g/mol. The van der Waals surface area contributed by atoms with E-state index in [1.807, 2.05) is 0 Å². The van der Waals surface area contributed by atoms with Crippen molar-refractivity contribution in [2.45, 2.75) is 96.0 Å². The van der Waals surface area contributed by atoms with Crippen LogP contribution in [0.1, 0.15) is 89.9 Å². The normalized spacial score (nSPS) is 15.8. The largest absolute Gasteiger partial charge is 0.379 e. The molecule has 1 aliphatic rings. The second kappa shape index (κ2) is 17.5. The van der Waals surface area contributed by atoms with Gasteiger partial charge in [0.25, 0.3) is 0 Å². The molecule has 4 nitrogen and oxygen atoms in total. The minimum Gasteiger partial charge on any atom is -0.379 e. The van der Waals surface area contributed by atoms with Crippen molar-refractivity contribution >= 4 is 5.91 Å². The molecule has 26 heavy (non-hydrogen) atoms. The van der Waals surface area contributed by atoms with E-state index in [4.69, 9.17) is 9.47 Å². The minimum absolute atomic E-state index is 0.0570. The molecule has 1 heterocycles. The molecule has 0 aromatic heterocycles. The molecule has 1 fully saturated rings. The topological polar surface area (TPSA) is 50.9 Å². The van der Waals surface area contributed by atoms with Crippen molar-refractivity contribution in [3.8, 4) is 0 Å². The number of epoxide rings is 1. The van der Waals surface area contributed by atoms with E-state index in [1.165, 1.54) is 89.5 Å². The Hall–Kier alpha value is -0.870. The van der Waals surface area contributed by atoms with Crippen LogP contribution in [0.5, 0.6) is 0 Å². The molecule has 1 rings (SSSR count). The van der Waals surface area contributed by atoms with Crippen LogP contribution in [0, 0.1) is 0 Å². The first-order valence-electron chi connectivity index (χ1n) is 10.9. The lowest BCUT2D eigenvalue weighted by Gasteiger charge is -2.04. The Kier molecular flexibility index (Phi) is 15.6. The molecule has 0 bridgehead atoms. The van der Waals surface area contributed by atoms with Crippen molar-refractivity contribution in [1.29, 1.82) is 0 Å². The van der Waals surface area contributed by atoms with E-state index in [9.17, 15) is 4.79 Å². The molecule has 1 unspecified atom stereocenters. The smallest absolute Gasteiger partial charge is 0.243 e. The van der Waals surface area contributed by atoms with E-state index >= 15 is 0 Å². The van der Waals surface area contributed by atoms with Gasteiger partial charge in [-0.2, -0.15) is 0 Å². The highest BCUT2D eigenvalue weighted by atomic mass is 16.6. The molecule has 0 aromatic carbocycles. The van der Waals surface area contributed by atoms with E-state index in [1.54, 1.807) is 0 Å². The predicted octanol–water partition coefficient (Wildman–Crippen LogP) is 5.17. The summed E-state index contributed by atoms with van der Waals surface area (Å²) in [6, 6.07) is 0. The van der Waals surface area contributed by atoms with Gasteiger partial charge in [-0.05, 0) is 18.9 Å². The van der Waals surface area contributed by atoms with E-state index in [-0.39, 0.29) is 5.91 Å². The first kappa shape index (κ1) is 23.2. The van der Waals surface area contributed by atoms with Gasteiger partial charge in [0, 0.05) is 13.2 Å². The summed E-state index contributed by atoms with van der Waals surface area (Å²) < 4.78 is 10.7. The van der Waals surface area contributed by atoms with Crippen molar-refractivity contribution in [3.05, 3.63) is 12.7 Å². The van der Waals surface area contributed by atoms with Gasteiger partial charge in [-0.3, -0.25) is 4.79 Å². The fourth-order valence-electron chi connectivity index (χ4n) is 3.11. The maximum Gasteiger partial charge on any atom is 0.243 e. The first-order valence-corrected chi connectivity index (χ1v) is 10.9. The fraction of sp³-hybridized carbons (Fsp3) is 0.864. The third-order valence-corrected chi connectivity index (χ3v) is 4.91. The van der Waals surface area contributed by atoms with Gasteiger partial charge in [-0.15, -0.1) is 0 Å². The third-order valence-electron chi connectivity index (χ3n) is 4.91. The van der Waals surface area contributed by atoms with Gasteiger partial charge in [0.15, 0.2) is 0 Å². The maximum atomic E-state index is 11.0. The van der Waals surface area contributed by atoms with Gasteiger partial charge in [0.1, 0.15) is 6.10 Å². The molecule has 152 valence electrons. The first-order chi connectivity index (χ1) is 12.8. The summed E-state index contributed by atoms with van der Waals surface area (Å²) in [6.07, 6.45) is 20.3. The Labute approximate surface area is 161 Å². The second-order valence-corrected chi connectivity index (χ2v) is 7.48. The van der Waals surface area contributed by atoms with Crippen LogP contribution in [0.3, 0.4) is 0 Å². The highest BCUT2D eigenvalue weighted by molar-refractivity contribution is 5.86. The molecule has 0 aliphatic carbocycles. The number of carbonyl (C=O) groups excluding carboxylic acids is 1. The molecule has 1 N–H and O–H groups in total. The minimum atomic E-state index is -0.0570. The molecule has 0 spiro atoms. The zero-order valence-corrected chi connectivity index (χ0v) is 16.8. The number of carbonyl (C=O) groups is 1. The third kappa shape index (κ3) is 16.6. The van der Waals surface area contributed by atoms with Crippen LogP contribution in [0.25, 0.3) is 0 Å². The summed E-state index contributed by atoms with van der Waals surface area (Å²) in [6.45, 7) is 6.84. The van der Waals surface area contributed by atoms with E-state index in [2.05, 4.69) is 11.9 Å². The number of nitrogens with one attached hydrogen (secondary N) is 1. The fourth-order valence-corrected chi connectivity index (χ4v) is 3.11. The molecule has 1 atom stereocenters. The highest BCUT2D eigenvalue weighted by Gasteiger charge is 2.21. The number of rotatable bonds is 20. The lowest BCUT2D eigenvalue weighted by molar-refractivity contribution is -0.116. The Bertz CT molecular complexity index is 342. The lowest BCUT2D eigenvalue weighted by Crippen LogP contribution is -2.21. The van der Waals surface area contributed by atoms with Crippen LogP contribution in [0.2, 0.25) is 0 Å². The predicted molar refractivity (Wildman–Crippen MR) is 108 cm³/mol. The molecule has 0 saturated carbocycles. The monoisotopic (exact) mass is 367 g/mol. The van der Waals surface area contributed by atoms with Crippen molar-refractivity contribution in [2.75, 3.05) is 26.4 Å². The number of amides is 1. The van der Waals surface area contributed by atoms with Crippen LogP contribution < -0.4 is 5.32 Å². The van der Waals surface area contributed by atoms with Gasteiger partial charge in [0.05, 0.1) is 13.2 Å². The molecule has 1 amide bonds. The number of unbranched alkanes of at least 4 members (excludes halogenated alkanes) is 13. The van der Waals surface area contributed by atoms with Crippen molar-refractivity contribution in [2.24, 2.45) is 0 Å². The van der Waals surface area contributed by atoms with Crippen molar-refractivity contribution < 1.29 is 14.3 Å². The molecule has 4 heteroatoms. The summed E-state index contributed by atoms with van der Waals surface area (Å²) in [5.41, 5.74) is 0. The van der Waals surface area contributed by atoms with Crippen LogP contribution in [-0.2, 0) is 14.3 Å². The zero-order chi connectivity index (χ0) is 18.7. The van der Waals surface area contributed by atoms with Gasteiger partial charge in [-0.1, -0.05) is 83.6 Å². The summed E-state index contributed by atoms with van der Waals surface area (Å²) in [5, 5.41) is 2.82. The number of hydrogen-bond acceptors (Lipinski definition) is 3. The molecule has 0 radical (unpaired) electrons. The van der Waals surface area contributed by atoms with Crippen LogP contribution in [0.4, 0.5) is 0 Å². The SMILES string of the molecule is C=CC(=O)NCCCCCCCCCCCCCCCCOCC1CO1. The number of hydrogen-bond donors (Lipinski definition) is 1. The molecule has 1 saturated heterocycles. The molecular weight excluding hydrogens is 326 g/mol. The molecule has 1 aliphatic heterocycles. The van der Waals surface area contributed by atoms with Crippen LogP contribution in [0.15, 0.2) is 12.7 Å². The van der Waals surface area contributed by atoms with Crippen molar-refractivity contribution in [1.82, 2.24) is 5.32 Å². The van der Waals surface area contributed by atoms with E-state index in [0.29, 0.717) is 6.10 Å². The highest BCUT2D eigenvalue weighted by Crippen LogP contribution is 2.13. The van der Waals surface area contributed by atoms with Gasteiger partial charge >= 0.3 is 0 Å². The quantitative estimate of drug-likeness (QED) is 0.184. The summed E-state index contributed by atoms with van der Waals surface area (Å²) in [4.78, 5) is 11.0. The van der Waals surface area contributed by atoms with E-state index in [0.717, 1.165) is 32.8 Å². The number of ether oxygens (including phenoxy) is 2. The summed E-state index contributed by atoms with van der Waals surface area (Å²) in [7, 11) is 0. The van der Waals surface area contributed by atoms with Gasteiger partial charge in [0.2, 0.25) is 5.91 Å².